The van der Waals surface area contributed by atoms with Crippen LogP contribution in [-0.4, -0.2) is 28.9 Å². The fraction of sp³-hybridized carbons (Fsp3) is 0.500. The van der Waals surface area contributed by atoms with Crippen LogP contribution in [0.15, 0.2) is 24.3 Å². The Morgan fingerprint density at radius 3 is 2.29 bits per heavy atom. The van der Waals surface area contributed by atoms with Gasteiger partial charge in [-0.25, -0.2) is 0 Å². The lowest BCUT2D eigenvalue weighted by Gasteiger charge is -2.41. The summed E-state index contributed by atoms with van der Waals surface area (Å²) < 4.78 is 40.0. The van der Waals surface area contributed by atoms with Crippen LogP contribution in [0.4, 0.5) is 13.2 Å². The highest BCUT2D eigenvalue weighted by Crippen LogP contribution is 2.35. The van der Waals surface area contributed by atoms with Crippen LogP contribution in [-0.2, 0) is 16.0 Å². The van der Waals surface area contributed by atoms with Crippen molar-refractivity contribution in [1.82, 2.24) is 5.32 Å². The van der Waals surface area contributed by atoms with Crippen LogP contribution in [0.3, 0.4) is 0 Å². The molecule has 8 heteroatoms. The standard InChI is InChI=1S/C16H18F3NO4/c17-16(18,19)24-12-5-2-11(3-6-12)4-7-13(21)20-15(8-1-9-15)10-14(22)23/h2-3,5-6H,1,4,7-10H2,(H,20,21)(H,22,23). The Balaban J connectivity index is 1.82. The molecule has 1 aliphatic rings. The van der Waals surface area contributed by atoms with Crippen molar-refractivity contribution in [3.63, 3.8) is 0 Å². The molecule has 5 nitrogen and oxygen atoms in total. The van der Waals surface area contributed by atoms with E-state index >= 15 is 0 Å². The van der Waals surface area contributed by atoms with Crippen molar-refractivity contribution in [2.75, 3.05) is 0 Å². The number of aliphatic carboxylic acids is 1. The molecule has 0 aliphatic heterocycles. The minimum Gasteiger partial charge on any atom is -0.481 e. The number of halogens is 3. The number of benzene rings is 1. The van der Waals surface area contributed by atoms with Gasteiger partial charge in [-0.05, 0) is 43.4 Å². The maximum absolute atomic E-state index is 12.1. The van der Waals surface area contributed by atoms with Crippen LogP contribution in [0.1, 0.15) is 37.7 Å². The third kappa shape index (κ3) is 5.43. The molecule has 0 heterocycles. The summed E-state index contributed by atoms with van der Waals surface area (Å²) in [6, 6.07) is 5.31. The third-order valence-corrected chi connectivity index (χ3v) is 4.00. The van der Waals surface area contributed by atoms with E-state index in [-0.39, 0.29) is 24.5 Å². The number of carbonyl (C=O) groups is 2. The molecule has 1 amide bonds. The lowest BCUT2D eigenvalue weighted by Crippen LogP contribution is -2.54. The number of hydrogen-bond donors (Lipinski definition) is 2. The van der Waals surface area contributed by atoms with Crippen LogP contribution >= 0.6 is 0 Å². The highest BCUT2D eigenvalue weighted by atomic mass is 19.4. The Labute approximate surface area is 136 Å². The molecule has 0 saturated heterocycles. The molecule has 1 aliphatic carbocycles. The molecule has 0 unspecified atom stereocenters. The predicted molar refractivity (Wildman–Crippen MR) is 78.4 cm³/mol. The van der Waals surface area contributed by atoms with E-state index in [2.05, 4.69) is 10.1 Å². The zero-order valence-corrected chi connectivity index (χ0v) is 12.9. The van der Waals surface area contributed by atoms with E-state index in [1.807, 2.05) is 0 Å². The van der Waals surface area contributed by atoms with Crippen molar-refractivity contribution in [3.05, 3.63) is 29.8 Å². The zero-order chi connectivity index (χ0) is 17.8. The average Bonchev–Trinajstić information content (AvgIpc) is 2.42. The van der Waals surface area contributed by atoms with Gasteiger partial charge in [-0.1, -0.05) is 12.1 Å². The predicted octanol–water partition coefficient (Wildman–Crippen LogP) is 3.03. The smallest absolute Gasteiger partial charge is 0.481 e. The van der Waals surface area contributed by atoms with Crippen molar-refractivity contribution in [2.45, 2.75) is 50.4 Å². The lowest BCUT2D eigenvalue weighted by molar-refractivity contribution is -0.274. The molecule has 0 radical (unpaired) electrons. The maximum atomic E-state index is 12.1. The number of aryl methyl sites for hydroxylation is 1. The van der Waals surface area contributed by atoms with Gasteiger partial charge >= 0.3 is 12.3 Å². The van der Waals surface area contributed by atoms with Crippen molar-refractivity contribution in [1.29, 1.82) is 0 Å². The van der Waals surface area contributed by atoms with Crippen LogP contribution in [0, 0.1) is 0 Å². The van der Waals surface area contributed by atoms with Crippen LogP contribution < -0.4 is 10.1 Å². The SMILES string of the molecule is O=C(O)CC1(NC(=O)CCc2ccc(OC(F)(F)F)cc2)CCC1. The number of carboxylic acid groups (broad SMARTS) is 1. The van der Waals surface area contributed by atoms with Gasteiger partial charge in [0.05, 0.1) is 12.0 Å². The molecule has 1 aromatic rings. The van der Waals surface area contributed by atoms with E-state index in [9.17, 15) is 22.8 Å². The van der Waals surface area contributed by atoms with E-state index in [1.165, 1.54) is 24.3 Å². The summed E-state index contributed by atoms with van der Waals surface area (Å²) in [7, 11) is 0. The summed E-state index contributed by atoms with van der Waals surface area (Å²) in [5.41, 5.74) is 0.0495. The number of hydrogen-bond acceptors (Lipinski definition) is 3. The van der Waals surface area contributed by atoms with E-state index in [4.69, 9.17) is 5.11 Å². The molecule has 0 spiro atoms. The van der Waals surface area contributed by atoms with E-state index in [1.54, 1.807) is 0 Å². The first-order chi connectivity index (χ1) is 11.2. The van der Waals surface area contributed by atoms with Gasteiger partial charge in [-0.2, -0.15) is 0 Å². The van der Waals surface area contributed by atoms with Crippen molar-refractivity contribution in [3.8, 4) is 5.75 Å². The number of carboxylic acids is 1. The quantitative estimate of drug-likeness (QED) is 0.796. The Kier molecular flexibility index (Phi) is 5.36. The van der Waals surface area contributed by atoms with Gasteiger partial charge in [0, 0.05) is 6.42 Å². The van der Waals surface area contributed by atoms with Gasteiger partial charge in [0.15, 0.2) is 0 Å². The molecule has 24 heavy (non-hydrogen) atoms. The molecule has 0 aromatic heterocycles. The highest BCUT2D eigenvalue weighted by Gasteiger charge is 2.40. The fourth-order valence-electron chi connectivity index (χ4n) is 2.71. The number of ether oxygens (including phenoxy) is 1. The summed E-state index contributed by atoms with van der Waals surface area (Å²) in [6.45, 7) is 0. The van der Waals surface area contributed by atoms with Crippen LogP contribution in [0.5, 0.6) is 5.75 Å². The average molecular weight is 345 g/mol. The number of nitrogens with one attached hydrogen (secondary N) is 1. The van der Waals surface area contributed by atoms with E-state index < -0.39 is 17.9 Å². The monoisotopic (exact) mass is 345 g/mol. The van der Waals surface area contributed by atoms with E-state index in [0.717, 1.165) is 6.42 Å². The minimum atomic E-state index is -4.73. The van der Waals surface area contributed by atoms with Gasteiger partial charge in [0.1, 0.15) is 5.75 Å². The molecule has 2 N–H and O–H groups in total. The van der Waals surface area contributed by atoms with Crippen molar-refractivity contribution >= 4 is 11.9 Å². The summed E-state index contributed by atoms with van der Waals surface area (Å²) >= 11 is 0. The second kappa shape index (κ2) is 7.11. The normalized spacial score (nSPS) is 16.1. The second-order valence-electron chi connectivity index (χ2n) is 5.94. The first kappa shape index (κ1) is 18.1. The van der Waals surface area contributed by atoms with Gasteiger partial charge in [-0.15, -0.1) is 13.2 Å². The van der Waals surface area contributed by atoms with Gasteiger partial charge in [-0.3, -0.25) is 9.59 Å². The zero-order valence-electron chi connectivity index (χ0n) is 12.9. The second-order valence-corrected chi connectivity index (χ2v) is 5.94. The topological polar surface area (TPSA) is 75.6 Å². The number of alkyl halides is 3. The molecule has 0 atom stereocenters. The Hall–Kier alpha value is -2.25. The molecular weight excluding hydrogens is 327 g/mol. The Morgan fingerprint density at radius 2 is 1.83 bits per heavy atom. The first-order valence-electron chi connectivity index (χ1n) is 7.55. The largest absolute Gasteiger partial charge is 0.573 e. The Morgan fingerprint density at radius 1 is 1.21 bits per heavy atom. The number of rotatable bonds is 7. The maximum Gasteiger partial charge on any atom is 0.573 e. The summed E-state index contributed by atoms with van der Waals surface area (Å²) in [5.74, 6) is -1.52. The molecule has 1 fully saturated rings. The summed E-state index contributed by atoms with van der Waals surface area (Å²) in [6.07, 6.45) is -2.16. The minimum absolute atomic E-state index is 0.0950. The fourth-order valence-corrected chi connectivity index (χ4v) is 2.71. The first-order valence-corrected chi connectivity index (χ1v) is 7.55. The van der Waals surface area contributed by atoms with Gasteiger partial charge < -0.3 is 15.2 Å². The third-order valence-electron chi connectivity index (χ3n) is 4.00. The number of carbonyl (C=O) groups excluding carboxylic acids is 1. The van der Waals surface area contributed by atoms with Crippen molar-refractivity contribution < 1.29 is 32.6 Å². The molecule has 1 aromatic carbocycles. The molecular formula is C16H18F3NO4. The molecule has 0 bridgehead atoms. The summed E-state index contributed by atoms with van der Waals surface area (Å²) in [5, 5.41) is 11.7. The Bertz CT molecular complexity index is 594. The lowest BCUT2D eigenvalue weighted by atomic mass is 9.74. The molecule has 2 rings (SSSR count). The van der Waals surface area contributed by atoms with E-state index in [0.29, 0.717) is 24.8 Å². The van der Waals surface area contributed by atoms with Gasteiger partial charge in [0.25, 0.3) is 0 Å². The van der Waals surface area contributed by atoms with Gasteiger partial charge in [0.2, 0.25) is 5.91 Å². The number of amides is 1. The highest BCUT2D eigenvalue weighted by molar-refractivity contribution is 5.78. The van der Waals surface area contributed by atoms with Crippen LogP contribution in [0.2, 0.25) is 0 Å². The molecule has 132 valence electrons. The van der Waals surface area contributed by atoms with Crippen LogP contribution in [0.25, 0.3) is 0 Å². The summed E-state index contributed by atoms with van der Waals surface area (Å²) in [4.78, 5) is 22.8. The molecule has 1 saturated carbocycles. The van der Waals surface area contributed by atoms with Crippen molar-refractivity contribution in [2.24, 2.45) is 0 Å².